The smallest absolute Gasteiger partial charge is 0.0896 e. The van der Waals surface area contributed by atoms with Crippen LogP contribution in [0.25, 0.3) is 0 Å². The van der Waals surface area contributed by atoms with E-state index in [1.807, 2.05) is 31.3 Å². The first-order valence-corrected chi connectivity index (χ1v) is 7.08. The summed E-state index contributed by atoms with van der Waals surface area (Å²) in [6.45, 7) is 2.15. The Balaban J connectivity index is 2.20. The lowest BCUT2D eigenvalue weighted by Crippen LogP contribution is -2.07. The highest BCUT2D eigenvalue weighted by Crippen LogP contribution is 2.28. The average molecular weight is 312 g/mol. The van der Waals surface area contributed by atoms with Crippen LogP contribution in [0.1, 0.15) is 21.4 Å². The molecule has 2 rings (SSSR count). The van der Waals surface area contributed by atoms with Gasteiger partial charge in [-0.25, -0.2) is 4.98 Å². The summed E-state index contributed by atoms with van der Waals surface area (Å²) in [6.07, 6.45) is 2.74. The maximum Gasteiger partial charge on any atom is 0.0896 e. The fraction of sp³-hybridized carbons (Fsp3) is 0.308. The summed E-state index contributed by atoms with van der Waals surface area (Å²) in [5.74, 6) is 0.130. The number of nitrogens with zero attached hydrogens (tertiary/aromatic N) is 1. The second-order valence-corrected chi connectivity index (χ2v) is 6.12. The average Bonchev–Trinajstić information content (AvgIpc) is 2.73. The van der Waals surface area contributed by atoms with E-state index in [0.29, 0.717) is 0 Å². The monoisotopic (exact) mass is 311 g/mol. The largest absolute Gasteiger partial charge is 0.396 e. The number of halogens is 1. The highest BCUT2D eigenvalue weighted by molar-refractivity contribution is 9.10. The van der Waals surface area contributed by atoms with Crippen molar-refractivity contribution in [1.82, 2.24) is 4.98 Å². The van der Waals surface area contributed by atoms with E-state index in [9.17, 15) is 5.11 Å². The van der Waals surface area contributed by atoms with Gasteiger partial charge in [-0.05, 0) is 25.0 Å². The molecule has 1 unspecified atom stereocenters. The molecule has 1 atom stereocenters. The van der Waals surface area contributed by atoms with Gasteiger partial charge < -0.3 is 5.11 Å². The van der Waals surface area contributed by atoms with Crippen LogP contribution in [-0.2, 0) is 6.42 Å². The van der Waals surface area contributed by atoms with Gasteiger partial charge >= 0.3 is 0 Å². The fourth-order valence-electron chi connectivity index (χ4n) is 1.82. The Hall–Kier alpha value is -0.710. The zero-order valence-corrected chi connectivity index (χ0v) is 12.0. The number of aliphatic hydroxyl groups is 1. The molecule has 0 aliphatic heterocycles. The lowest BCUT2D eigenvalue weighted by molar-refractivity contribution is 0.264. The fourth-order valence-corrected chi connectivity index (χ4v) is 3.30. The standard InChI is InChI=1S/C13H14BrNOS/c1-9-15-7-11(17-9)6-10(8-16)12-4-2-3-5-13(12)14/h2-5,7,10,16H,6,8H2,1H3. The molecule has 0 saturated carbocycles. The molecular formula is C13H14BrNOS. The summed E-state index contributed by atoms with van der Waals surface area (Å²) in [6, 6.07) is 8.05. The van der Waals surface area contributed by atoms with E-state index >= 15 is 0 Å². The molecule has 1 N–H and O–H groups in total. The van der Waals surface area contributed by atoms with Gasteiger partial charge in [0.1, 0.15) is 0 Å². The topological polar surface area (TPSA) is 33.1 Å². The van der Waals surface area contributed by atoms with Crippen molar-refractivity contribution in [3.63, 3.8) is 0 Å². The first kappa shape index (κ1) is 12.7. The molecule has 17 heavy (non-hydrogen) atoms. The maximum absolute atomic E-state index is 9.54. The normalized spacial score (nSPS) is 12.6. The first-order chi connectivity index (χ1) is 8.20. The number of benzene rings is 1. The van der Waals surface area contributed by atoms with Crippen LogP contribution in [0, 0.1) is 6.92 Å². The molecule has 0 saturated heterocycles. The van der Waals surface area contributed by atoms with Crippen LogP contribution < -0.4 is 0 Å². The highest BCUT2D eigenvalue weighted by Gasteiger charge is 2.15. The van der Waals surface area contributed by atoms with E-state index in [-0.39, 0.29) is 12.5 Å². The molecule has 0 amide bonds. The lowest BCUT2D eigenvalue weighted by atomic mass is 9.96. The third kappa shape index (κ3) is 3.15. The van der Waals surface area contributed by atoms with Gasteiger partial charge in [0.2, 0.25) is 0 Å². The van der Waals surface area contributed by atoms with Crippen molar-refractivity contribution < 1.29 is 5.11 Å². The van der Waals surface area contributed by atoms with Gasteiger partial charge in [-0.1, -0.05) is 34.1 Å². The molecule has 1 aromatic heterocycles. The number of hydrogen-bond donors (Lipinski definition) is 1. The zero-order valence-electron chi connectivity index (χ0n) is 9.56. The van der Waals surface area contributed by atoms with Gasteiger partial charge in [0.25, 0.3) is 0 Å². The molecule has 1 heterocycles. The van der Waals surface area contributed by atoms with Crippen LogP contribution in [0.2, 0.25) is 0 Å². The maximum atomic E-state index is 9.54. The second kappa shape index (κ2) is 5.76. The van der Waals surface area contributed by atoms with Crippen LogP contribution in [0.4, 0.5) is 0 Å². The molecular weight excluding hydrogens is 298 g/mol. The first-order valence-electron chi connectivity index (χ1n) is 5.47. The van der Waals surface area contributed by atoms with Crippen molar-refractivity contribution in [3.05, 3.63) is 50.4 Å². The zero-order chi connectivity index (χ0) is 12.3. The van der Waals surface area contributed by atoms with Gasteiger partial charge in [-0.2, -0.15) is 0 Å². The molecule has 90 valence electrons. The van der Waals surface area contributed by atoms with Crippen molar-refractivity contribution in [1.29, 1.82) is 0 Å². The molecule has 0 spiro atoms. The Labute approximate surface area is 113 Å². The van der Waals surface area contributed by atoms with Crippen LogP contribution in [0.15, 0.2) is 34.9 Å². The van der Waals surface area contributed by atoms with Crippen LogP contribution in [-0.4, -0.2) is 16.7 Å². The van der Waals surface area contributed by atoms with Crippen molar-refractivity contribution in [2.24, 2.45) is 0 Å². The summed E-state index contributed by atoms with van der Waals surface area (Å²) < 4.78 is 1.06. The number of aryl methyl sites for hydroxylation is 1. The molecule has 4 heteroatoms. The van der Waals surface area contributed by atoms with Gasteiger partial charge in [0.15, 0.2) is 0 Å². The molecule has 1 aromatic carbocycles. The van der Waals surface area contributed by atoms with Crippen LogP contribution in [0.5, 0.6) is 0 Å². The summed E-state index contributed by atoms with van der Waals surface area (Å²) in [7, 11) is 0. The number of aliphatic hydroxyl groups excluding tert-OH is 1. The molecule has 0 bridgehead atoms. The summed E-state index contributed by atoms with van der Waals surface area (Å²) in [5.41, 5.74) is 1.15. The number of thiazole rings is 1. The van der Waals surface area contributed by atoms with Crippen LogP contribution in [0.3, 0.4) is 0 Å². The molecule has 0 radical (unpaired) electrons. The third-order valence-electron chi connectivity index (χ3n) is 2.68. The van der Waals surface area contributed by atoms with E-state index in [1.54, 1.807) is 11.3 Å². The van der Waals surface area contributed by atoms with Crippen molar-refractivity contribution in [2.75, 3.05) is 6.61 Å². The highest BCUT2D eigenvalue weighted by atomic mass is 79.9. The Morgan fingerprint density at radius 3 is 2.76 bits per heavy atom. The Morgan fingerprint density at radius 2 is 2.18 bits per heavy atom. The summed E-state index contributed by atoms with van der Waals surface area (Å²) in [5, 5.41) is 10.6. The lowest BCUT2D eigenvalue weighted by Gasteiger charge is -2.15. The minimum absolute atomic E-state index is 0.130. The third-order valence-corrected chi connectivity index (χ3v) is 4.34. The summed E-state index contributed by atoms with van der Waals surface area (Å²) >= 11 is 5.23. The SMILES string of the molecule is Cc1ncc(CC(CO)c2ccccc2Br)s1. The minimum atomic E-state index is 0.130. The Bertz CT molecular complexity index is 498. The number of rotatable bonds is 4. The van der Waals surface area contributed by atoms with Crippen molar-refractivity contribution in [2.45, 2.75) is 19.3 Å². The van der Waals surface area contributed by atoms with Gasteiger partial charge in [-0.3, -0.25) is 0 Å². The molecule has 0 aliphatic rings. The van der Waals surface area contributed by atoms with E-state index in [4.69, 9.17) is 0 Å². The van der Waals surface area contributed by atoms with Gasteiger partial charge in [-0.15, -0.1) is 11.3 Å². The Morgan fingerprint density at radius 1 is 1.41 bits per heavy atom. The predicted octanol–water partition coefficient (Wildman–Crippen LogP) is 3.53. The van der Waals surface area contributed by atoms with Gasteiger partial charge in [0, 0.05) is 21.5 Å². The molecule has 2 nitrogen and oxygen atoms in total. The predicted molar refractivity (Wildman–Crippen MR) is 74.5 cm³/mol. The van der Waals surface area contributed by atoms with Gasteiger partial charge in [0.05, 0.1) is 11.6 Å². The minimum Gasteiger partial charge on any atom is -0.396 e. The molecule has 0 aliphatic carbocycles. The quantitative estimate of drug-likeness (QED) is 0.937. The number of aromatic nitrogens is 1. The van der Waals surface area contributed by atoms with E-state index in [2.05, 4.69) is 27.0 Å². The second-order valence-electron chi connectivity index (χ2n) is 3.95. The van der Waals surface area contributed by atoms with Crippen molar-refractivity contribution >= 4 is 27.3 Å². The summed E-state index contributed by atoms with van der Waals surface area (Å²) in [4.78, 5) is 5.46. The van der Waals surface area contributed by atoms with Crippen molar-refractivity contribution in [3.8, 4) is 0 Å². The van der Waals surface area contributed by atoms with E-state index in [0.717, 1.165) is 21.5 Å². The van der Waals surface area contributed by atoms with E-state index < -0.39 is 0 Å². The van der Waals surface area contributed by atoms with Crippen LogP contribution >= 0.6 is 27.3 Å². The molecule has 0 fully saturated rings. The number of hydrogen-bond acceptors (Lipinski definition) is 3. The molecule has 2 aromatic rings. The Kier molecular flexibility index (Phi) is 4.31. The van der Waals surface area contributed by atoms with E-state index in [1.165, 1.54) is 4.88 Å².